The third-order valence-corrected chi connectivity index (χ3v) is 2.57. The molecular formula is C13H12ClN5O2. The monoisotopic (exact) mass is 305 g/mol. The number of aromatic nitrogens is 3. The number of amides is 2. The van der Waals surface area contributed by atoms with Crippen molar-refractivity contribution in [2.45, 2.75) is 13.8 Å². The van der Waals surface area contributed by atoms with Crippen molar-refractivity contribution in [2.75, 3.05) is 10.6 Å². The Morgan fingerprint density at radius 2 is 1.38 bits per heavy atom. The lowest BCUT2D eigenvalue weighted by atomic mass is 10.2. The van der Waals surface area contributed by atoms with Crippen molar-refractivity contribution >= 4 is 35.3 Å². The summed E-state index contributed by atoms with van der Waals surface area (Å²) < 4.78 is 0. The second kappa shape index (κ2) is 6.27. The quantitative estimate of drug-likeness (QED) is 0.905. The second-order valence-electron chi connectivity index (χ2n) is 4.18. The van der Waals surface area contributed by atoms with E-state index in [-0.39, 0.29) is 23.7 Å². The zero-order chi connectivity index (χ0) is 15.4. The number of anilines is 2. The summed E-state index contributed by atoms with van der Waals surface area (Å²) in [5.74, 6) is -0.208. The lowest BCUT2D eigenvalue weighted by Crippen LogP contribution is -2.15. The molecule has 0 saturated heterocycles. The van der Waals surface area contributed by atoms with Crippen LogP contribution in [0.1, 0.15) is 13.8 Å². The van der Waals surface area contributed by atoms with Gasteiger partial charge in [-0.05, 0) is 24.3 Å². The van der Waals surface area contributed by atoms with Crippen LogP contribution in [0.2, 0.25) is 5.02 Å². The molecule has 108 valence electrons. The van der Waals surface area contributed by atoms with Crippen molar-refractivity contribution in [1.82, 2.24) is 15.0 Å². The van der Waals surface area contributed by atoms with Gasteiger partial charge in [0.2, 0.25) is 23.7 Å². The lowest BCUT2D eigenvalue weighted by Gasteiger charge is -2.07. The standard InChI is InChI=1S/C13H12ClN5O2/c1-7(20)15-12-17-11(9-3-5-10(14)6-4-9)18-13(19-12)16-8(2)21/h3-6H,1-2H3,(H2,15,16,17,18,19,20,21). The van der Waals surface area contributed by atoms with Crippen LogP contribution in [0.4, 0.5) is 11.9 Å². The van der Waals surface area contributed by atoms with Crippen LogP contribution in [0.25, 0.3) is 11.4 Å². The summed E-state index contributed by atoms with van der Waals surface area (Å²) in [5, 5.41) is 5.50. The van der Waals surface area contributed by atoms with Crippen molar-refractivity contribution in [3.05, 3.63) is 29.3 Å². The molecule has 0 aliphatic rings. The van der Waals surface area contributed by atoms with E-state index in [9.17, 15) is 9.59 Å². The van der Waals surface area contributed by atoms with Crippen LogP contribution in [0.15, 0.2) is 24.3 Å². The van der Waals surface area contributed by atoms with Crippen LogP contribution in [0, 0.1) is 0 Å². The van der Waals surface area contributed by atoms with E-state index in [2.05, 4.69) is 25.6 Å². The van der Waals surface area contributed by atoms with Crippen LogP contribution < -0.4 is 10.6 Å². The van der Waals surface area contributed by atoms with Crippen molar-refractivity contribution in [3.8, 4) is 11.4 Å². The molecule has 0 radical (unpaired) electrons. The van der Waals surface area contributed by atoms with E-state index in [0.717, 1.165) is 0 Å². The first-order chi connectivity index (χ1) is 9.94. The molecule has 8 heteroatoms. The van der Waals surface area contributed by atoms with E-state index >= 15 is 0 Å². The summed E-state index contributed by atoms with van der Waals surface area (Å²) in [4.78, 5) is 34.5. The van der Waals surface area contributed by atoms with Crippen molar-refractivity contribution in [3.63, 3.8) is 0 Å². The molecular weight excluding hydrogens is 294 g/mol. The first kappa shape index (κ1) is 14.9. The Bertz CT molecular complexity index is 653. The summed E-state index contributed by atoms with van der Waals surface area (Å²) in [6.07, 6.45) is 0. The summed E-state index contributed by atoms with van der Waals surface area (Å²) in [5.41, 5.74) is 0.681. The number of carbonyl (C=O) groups excluding carboxylic acids is 2. The van der Waals surface area contributed by atoms with Gasteiger partial charge in [-0.3, -0.25) is 20.2 Å². The molecule has 2 rings (SSSR count). The molecule has 0 aliphatic carbocycles. The number of rotatable bonds is 3. The van der Waals surface area contributed by atoms with E-state index in [4.69, 9.17) is 11.6 Å². The molecule has 1 aromatic heterocycles. The minimum atomic E-state index is -0.322. The highest BCUT2D eigenvalue weighted by atomic mass is 35.5. The van der Waals surface area contributed by atoms with Gasteiger partial charge in [-0.2, -0.15) is 15.0 Å². The fraction of sp³-hybridized carbons (Fsp3) is 0.154. The minimum Gasteiger partial charge on any atom is -0.295 e. The largest absolute Gasteiger partial charge is 0.295 e. The van der Waals surface area contributed by atoms with Gasteiger partial charge in [0.1, 0.15) is 0 Å². The van der Waals surface area contributed by atoms with Gasteiger partial charge in [0, 0.05) is 24.4 Å². The average molecular weight is 306 g/mol. The number of halogens is 1. The maximum absolute atomic E-state index is 11.1. The third-order valence-electron chi connectivity index (χ3n) is 2.31. The normalized spacial score (nSPS) is 10.0. The van der Waals surface area contributed by atoms with Crippen LogP contribution >= 0.6 is 11.6 Å². The molecule has 0 unspecified atom stereocenters. The van der Waals surface area contributed by atoms with Gasteiger partial charge in [0.05, 0.1) is 0 Å². The van der Waals surface area contributed by atoms with Gasteiger partial charge in [0.15, 0.2) is 5.82 Å². The summed E-state index contributed by atoms with van der Waals surface area (Å²) >= 11 is 5.83. The predicted molar refractivity (Wildman–Crippen MR) is 78.9 cm³/mol. The Hall–Kier alpha value is -2.54. The van der Waals surface area contributed by atoms with Crippen LogP contribution in [-0.2, 0) is 9.59 Å². The lowest BCUT2D eigenvalue weighted by molar-refractivity contribution is -0.115. The Balaban J connectivity index is 2.45. The molecule has 0 bridgehead atoms. The first-order valence-corrected chi connectivity index (χ1v) is 6.39. The van der Waals surface area contributed by atoms with Gasteiger partial charge < -0.3 is 0 Å². The maximum atomic E-state index is 11.1. The Morgan fingerprint density at radius 3 is 1.81 bits per heavy atom. The van der Waals surface area contributed by atoms with E-state index in [1.165, 1.54) is 13.8 Å². The zero-order valence-electron chi connectivity index (χ0n) is 11.3. The molecule has 2 amide bonds. The van der Waals surface area contributed by atoms with E-state index in [0.29, 0.717) is 16.4 Å². The van der Waals surface area contributed by atoms with Crippen molar-refractivity contribution < 1.29 is 9.59 Å². The Kier molecular flexibility index (Phi) is 4.44. The smallest absolute Gasteiger partial charge is 0.234 e. The number of hydrogen-bond donors (Lipinski definition) is 2. The van der Waals surface area contributed by atoms with Crippen LogP contribution in [0.5, 0.6) is 0 Å². The summed E-state index contributed by atoms with van der Waals surface area (Å²) in [6, 6.07) is 6.84. The van der Waals surface area contributed by atoms with Gasteiger partial charge in [-0.15, -0.1) is 0 Å². The van der Waals surface area contributed by atoms with Gasteiger partial charge in [-0.25, -0.2) is 0 Å². The molecule has 2 aromatic rings. The summed E-state index contributed by atoms with van der Waals surface area (Å²) in [6.45, 7) is 2.67. The fourth-order valence-electron chi connectivity index (χ4n) is 1.53. The number of hydrogen-bond acceptors (Lipinski definition) is 5. The molecule has 0 atom stereocenters. The highest BCUT2D eigenvalue weighted by Gasteiger charge is 2.10. The highest BCUT2D eigenvalue weighted by molar-refractivity contribution is 6.30. The van der Waals surface area contributed by atoms with Gasteiger partial charge in [0.25, 0.3) is 0 Å². The molecule has 7 nitrogen and oxygen atoms in total. The van der Waals surface area contributed by atoms with Crippen molar-refractivity contribution in [1.29, 1.82) is 0 Å². The molecule has 1 aromatic carbocycles. The summed E-state index contributed by atoms with van der Waals surface area (Å²) in [7, 11) is 0. The van der Waals surface area contributed by atoms with E-state index in [1.807, 2.05) is 0 Å². The number of carbonyl (C=O) groups is 2. The minimum absolute atomic E-state index is 0.0613. The maximum Gasteiger partial charge on any atom is 0.234 e. The van der Waals surface area contributed by atoms with E-state index in [1.54, 1.807) is 24.3 Å². The number of nitrogens with one attached hydrogen (secondary N) is 2. The molecule has 0 fully saturated rings. The first-order valence-electron chi connectivity index (χ1n) is 6.01. The molecule has 0 spiro atoms. The van der Waals surface area contributed by atoms with Gasteiger partial charge in [-0.1, -0.05) is 11.6 Å². The predicted octanol–water partition coefficient (Wildman–Crippen LogP) is 2.11. The molecule has 1 heterocycles. The molecule has 2 N–H and O–H groups in total. The Labute approximate surface area is 125 Å². The molecule has 0 saturated carbocycles. The SMILES string of the molecule is CC(=O)Nc1nc(NC(C)=O)nc(-c2ccc(Cl)cc2)n1. The Morgan fingerprint density at radius 1 is 0.905 bits per heavy atom. The van der Waals surface area contributed by atoms with Crippen molar-refractivity contribution in [2.24, 2.45) is 0 Å². The average Bonchev–Trinajstić information content (AvgIpc) is 2.37. The van der Waals surface area contributed by atoms with Crippen LogP contribution in [-0.4, -0.2) is 26.8 Å². The van der Waals surface area contributed by atoms with Crippen LogP contribution in [0.3, 0.4) is 0 Å². The third kappa shape index (κ3) is 4.22. The zero-order valence-corrected chi connectivity index (χ0v) is 12.1. The van der Waals surface area contributed by atoms with E-state index < -0.39 is 0 Å². The number of benzene rings is 1. The van der Waals surface area contributed by atoms with Gasteiger partial charge >= 0.3 is 0 Å². The highest BCUT2D eigenvalue weighted by Crippen LogP contribution is 2.20. The second-order valence-corrected chi connectivity index (χ2v) is 4.61. The molecule has 0 aliphatic heterocycles. The fourth-order valence-corrected chi connectivity index (χ4v) is 1.66. The topological polar surface area (TPSA) is 96.9 Å². The number of nitrogens with zero attached hydrogens (tertiary/aromatic N) is 3. The molecule has 21 heavy (non-hydrogen) atoms.